The zero-order chi connectivity index (χ0) is 11.8. The first kappa shape index (κ1) is 12.8. The van der Waals surface area contributed by atoms with Gasteiger partial charge in [-0.15, -0.1) is 0 Å². The van der Waals surface area contributed by atoms with Crippen molar-refractivity contribution in [1.82, 2.24) is 4.31 Å². The maximum absolute atomic E-state index is 12.4. The Kier molecular flexibility index (Phi) is 3.64. The second-order valence-electron chi connectivity index (χ2n) is 3.64. The summed E-state index contributed by atoms with van der Waals surface area (Å²) in [6, 6.07) is 0. The van der Waals surface area contributed by atoms with E-state index in [1.54, 1.807) is 0 Å². The molecule has 1 heterocycles. The van der Waals surface area contributed by atoms with Crippen LogP contribution in [0.4, 0.5) is 8.78 Å². The summed E-state index contributed by atoms with van der Waals surface area (Å²) >= 11 is 0. The number of hydrogen-bond acceptors (Lipinski definition) is 4. The lowest BCUT2D eigenvalue weighted by molar-refractivity contribution is -0.101. The van der Waals surface area contributed by atoms with Gasteiger partial charge in [0, 0.05) is 13.1 Å². The topological polar surface area (TPSA) is 77.8 Å². The zero-order valence-electron chi connectivity index (χ0n) is 8.05. The Bertz CT molecular complexity index is 321. The van der Waals surface area contributed by atoms with Gasteiger partial charge in [-0.05, 0) is 0 Å². The highest BCUT2D eigenvalue weighted by molar-refractivity contribution is 7.88. The summed E-state index contributed by atoms with van der Waals surface area (Å²) in [5.41, 5.74) is 0. The smallest absolute Gasteiger partial charge is 0.245 e. The molecule has 1 aliphatic rings. The second-order valence-corrected chi connectivity index (χ2v) is 5.62. The number of halogens is 2. The monoisotopic (exact) mass is 245 g/mol. The summed E-state index contributed by atoms with van der Waals surface area (Å²) in [5.74, 6) is -1.54. The van der Waals surface area contributed by atoms with E-state index in [0.29, 0.717) is 0 Å². The maximum Gasteiger partial charge on any atom is 0.245 e. The van der Waals surface area contributed by atoms with Crippen molar-refractivity contribution in [3.8, 4) is 0 Å². The normalized spacial score (nSPS) is 34.7. The van der Waals surface area contributed by atoms with E-state index in [0.717, 1.165) is 10.6 Å². The number of nitrogens with zero attached hydrogens (tertiary/aromatic N) is 1. The van der Waals surface area contributed by atoms with E-state index in [4.69, 9.17) is 0 Å². The molecule has 0 saturated carbocycles. The van der Waals surface area contributed by atoms with E-state index < -0.39 is 41.1 Å². The Morgan fingerprint density at radius 2 is 1.87 bits per heavy atom. The zero-order valence-corrected chi connectivity index (χ0v) is 8.86. The van der Waals surface area contributed by atoms with Crippen molar-refractivity contribution in [1.29, 1.82) is 0 Å². The molecule has 0 aromatic rings. The van der Waals surface area contributed by atoms with Gasteiger partial charge in [-0.25, -0.2) is 17.2 Å². The predicted molar refractivity (Wildman–Crippen MR) is 47.9 cm³/mol. The molecule has 0 amide bonds. The molecule has 3 atom stereocenters. The summed E-state index contributed by atoms with van der Waals surface area (Å²) in [5, 5.41) is 18.5. The molecule has 8 heteroatoms. The number of β-amino-alcohol motifs (C(OH)–C–C–N with tert-alkyl or cyclic N) is 1. The van der Waals surface area contributed by atoms with E-state index >= 15 is 0 Å². The first-order valence-electron chi connectivity index (χ1n) is 4.33. The van der Waals surface area contributed by atoms with Crippen molar-refractivity contribution in [2.75, 3.05) is 19.3 Å². The molecule has 0 aromatic carbocycles. The van der Waals surface area contributed by atoms with Crippen molar-refractivity contribution >= 4 is 10.0 Å². The Morgan fingerprint density at radius 3 is 2.27 bits per heavy atom. The number of alkyl halides is 2. The summed E-state index contributed by atoms with van der Waals surface area (Å²) in [4.78, 5) is 0. The van der Waals surface area contributed by atoms with Crippen molar-refractivity contribution in [2.45, 2.75) is 18.6 Å². The Morgan fingerprint density at radius 1 is 1.33 bits per heavy atom. The van der Waals surface area contributed by atoms with Crippen LogP contribution in [0.2, 0.25) is 0 Å². The lowest BCUT2D eigenvalue weighted by Gasteiger charge is -2.37. The van der Waals surface area contributed by atoms with E-state index in [1.807, 2.05) is 0 Å². The minimum Gasteiger partial charge on any atom is -0.390 e. The first-order chi connectivity index (χ1) is 6.73. The summed E-state index contributed by atoms with van der Waals surface area (Å²) < 4.78 is 47.8. The van der Waals surface area contributed by atoms with E-state index in [9.17, 15) is 27.4 Å². The van der Waals surface area contributed by atoms with Crippen LogP contribution >= 0.6 is 0 Å². The summed E-state index contributed by atoms with van der Waals surface area (Å²) in [6.07, 6.45) is -5.03. The molecule has 0 radical (unpaired) electrons. The predicted octanol–water partition coefficient (Wildman–Crippen LogP) is -1.14. The fraction of sp³-hybridized carbons (Fsp3) is 1.00. The molecule has 0 bridgehead atoms. The number of sulfonamides is 1. The highest BCUT2D eigenvalue weighted by Gasteiger charge is 2.42. The van der Waals surface area contributed by atoms with Gasteiger partial charge in [0.05, 0.1) is 24.4 Å². The lowest BCUT2D eigenvalue weighted by Crippen LogP contribution is -2.55. The maximum atomic E-state index is 12.4. The van der Waals surface area contributed by atoms with Crippen LogP contribution in [0.15, 0.2) is 0 Å². The average Bonchev–Trinajstić information content (AvgIpc) is 2.06. The van der Waals surface area contributed by atoms with Crippen LogP contribution in [-0.2, 0) is 10.0 Å². The molecule has 5 nitrogen and oxygen atoms in total. The Hall–Kier alpha value is -0.310. The van der Waals surface area contributed by atoms with Gasteiger partial charge < -0.3 is 10.2 Å². The van der Waals surface area contributed by atoms with Crippen molar-refractivity contribution < 1.29 is 27.4 Å². The van der Waals surface area contributed by atoms with Gasteiger partial charge in [-0.2, -0.15) is 4.31 Å². The molecule has 15 heavy (non-hydrogen) atoms. The lowest BCUT2D eigenvalue weighted by atomic mass is 9.94. The van der Waals surface area contributed by atoms with Crippen molar-refractivity contribution in [3.05, 3.63) is 0 Å². The van der Waals surface area contributed by atoms with Crippen LogP contribution < -0.4 is 0 Å². The minimum atomic E-state index is -3.62. The van der Waals surface area contributed by atoms with Gasteiger partial charge >= 0.3 is 0 Å². The fourth-order valence-corrected chi connectivity index (χ4v) is 2.39. The van der Waals surface area contributed by atoms with Crippen LogP contribution in [0.5, 0.6) is 0 Å². The molecule has 1 fully saturated rings. The molecule has 1 saturated heterocycles. The molecule has 0 aromatic heterocycles. The standard InChI is InChI=1S/C7H13F2NO4S/c1-15(13,14)10-2-4(7(8)9)6(12)5(11)3-10/h4-7,11-12H,2-3H2,1H3. The molecular formula is C7H13F2NO4S. The highest BCUT2D eigenvalue weighted by atomic mass is 32.2. The van der Waals surface area contributed by atoms with Crippen LogP contribution in [0, 0.1) is 5.92 Å². The van der Waals surface area contributed by atoms with Crippen molar-refractivity contribution in [3.63, 3.8) is 0 Å². The van der Waals surface area contributed by atoms with Gasteiger partial charge in [0.15, 0.2) is 0 Å². The molecule has 2 N–H and O–H groups in total. The molecule has 1 aliphatic heterocycles. The molecule has 90 valence electrons. The second kappa shape index (κ2) is 4.28. The molecule has 3 unspecified atom stereocenters. The van der Waals surface area contributed by atoms with Gasteiger partial charge in [0.2, 0.25) is 16.4 Å². The molecular weight excluding hydrogens is 232 g/mol. The van der Waals surface area contributed by atoms with Gasteiger partial charge in [-0.1, -0.05) is 0 Å². The van der Waals surface area contributed by atoms with Crippen LogP contribution in [0.3, 0.4) is 0 Å². The Balaban J connectivity index is 2.85. The molecule has 1 rings (SSSR count). The van der Waals surface area contributed by atoms with Crippen LogP contribution in [-0.4, -0.2) is 60.9 Å². The van der Waals surface area contributed by atoms with Crippen molar-refractivity contribution in [2.24, 2.45) is 5.92 Å². The molecule has 0 aliphatic carbocycles. The average molecular weight is 245 g/mol. The highest BCUT2D eigenvalue weighted by Crippen LogP contribution is 2.24. The molecule has 0 spiro atoms. The third-order valence-electron chi connectivity index (χ3n) is 2.43. The summed E-state index contributed by atoms with van der Waals surface area (Å²) in [7, 11) is -3.62. The largest absolute Gasteiger partial charge is 0.390 e. The van der Waals surface area contributed by atoms with Gasteiger partial charge in [0.25, 0.3) is 0 Å². The Labute approximate surface area is 86.4 Å². The number of hydrogen-bond donors (Lipinski definition) is 2. The SMILES string of the molecule is CS(=O)(=O)N1CC(O)C(O)C(C(F)F)C1. The number of piperidine rings is 1. The first-order valence-corrected chi connectivity index (χ1v) is 6.17. The van der Waals surface area contributed by atoms with Gasteiger partial charge in [0.1, 0.15) is 0 Å². The van der Waals surface area contributed by atoms with E-state index in [2.05, 4.69) is 0 Å². The number of rotatable bonds is 2. The third kappa shape index (κ3) is 2.83. The fourth-order valence-electron chi connectivity index (χ4n) is 1.52. The van der Waals surface area contributed by atoms with Crippen LogP contribution in [0.1, 0.15) is 0 Å². The van der Waals surface area contributed by atoms with Gasteiger partial charge in [-0.3, -0.25) is 0 Å². The number of aliphatic hydroxyl groups is 2. The minimum absolute atomic E-state index is 0.344. The third-order valence-corrected chi connectivity index (χ3v) is 3.67. The quantitative estimate of drug-likeness (QED) is 0.645. The van der Waals surface area contributed by atoms with Crippen LogP contribution in [0.25, 0.3) is 0 Å². The number of aliphatic hydroxyl groups excluding tert-OH is 2. The summed E-state index contributed by atoms with van der Waals surface area (Å²) in [6.45, 7) is -0.808. The van der Waals surface area contributed by atoms with E-state index in [1.165, 1.54) is 0 Å². The van der Waals surface area contributed by atoms with E-state index in [-0.39, 0.29) is 6.54 Å².